The molecule has 2 aliphatic heterocycles. The molecule has 3 rings (SSSR count). The highest BCUT2D eigenvalue weighted by Crippen LogP contribution is 2.39. The molecular formula is C16H19NO5. The van der Waals surface area contributed by atoms with Crippen LogP contribution in [0.2, 0.25) is 0 Å². The van der Waals surface area contributed by atoms with Crippen LogP contribution in [-0.4, -0.2) is 53.2 Å². The number of ether oxygens (including phenoxy) is 3. The molecular weight excluding hydrogens is 286 g/mol. The molecule has 6 heteroatoms. The zero-order chi connectivity index (χ0) is 15.7. The van der Waals surface area contributed by atoms with E-state index in [-0.39, 0.29) is 13.2 Å². The number of aromatic nitrogens is 1. The third-order valence-corrected chi connectivity index (χ3v) is 4.21. The molecule has 0 spiro atoms. The molecule has 4 atom stereocenters. The van der Waals surface area contributed by atoms with Crippen molar-refractivity contribution in [3.05, 3.63) is 42.2 Å². The van der Waals surface area contributed by atoms with E-state index >= 15 is 0 Å². The van der Waals surface area contributed by atoms with Crippen molar-refractivity contribution in [1.29, 1.82) is 0 Å². The van der Waals surface area contributed by atoms with Crippen LogP contribution in [0.4, 0.5) is 0 Å². The maximum Gasteiger partial charge on any atom is 0.340 e. The molecule has 1 aromatic rings. The van der Waals surface area contributed by atoms with E-state index in [9.17, 15) is 9.90 Å². The van der Waals surface area contributed by atoms with Crippen LogP contribution in [-0.2, 0) is 14.2 Å². The highest BCUT2D eigenvalue weighted by atomic mass is 16.6. The molecule has 0 amide bonds. The standard InChI is InChI=1S/C16H19NO5/c1-3-5-16(9-21-13-12(18)8-20-14(13)16)22-15(19)11-7-17-6-4-10(11)2/h3-4,6-7,12-14,18H,1,5,8-9H2,2H3/t12-,13-,14+,16+/m1/s1. The van der Waals surface area contributed by atoms with E-state index in [0.29, 0.717) is 12.0 Å². The van der Waals surface area contributed by atoms with Gasteiger partial charge in [0.05, 0.1) is 18.8 Å². The predicted molar refractivity (Wildman–Crippen MR) is 77.4 cm³/mol. The van der Waals surface area contributed by atoms with Crippen LogP contribution >= 0.6 is 0 Å². The van der Waals surface area contributed by atoms with Crippen LogP contribution in [0.3, 0.4) is 0 Å². The lowest BCUT2D eigenvalue weighted by Gasteiger charge is -2.31. The van der Waals surface area contributed by atoms with Gasteiger partial charge in [0, 0.05) is 18.8 Å². The van der Waals surface area contributed by atoms with Crippen molar-refractivity contribution in [2.75, 3.05) is 13.2 Å². The van der Waals surface area contributed by atoms with Gasteiger partial charge >= 0.3 is 5.97 Å². The zero-order valence-corrected chi connectivity index (χ0v) is 12.4. The molecule has 0 unspecified atom stereocenters. The Labute approximate surface area is 128 Å². The maximum absolute atomic E-state index is 12.5. The summed E-state index contributed by atoms with van der Waals surface area (Å²) in [6.07, 6.45) is 3.52. The molecule has 6 nitrogen and oxygen atoms in total. The monoisotopic (exact) mass is 305 g/mol. The second-order valence-corrected chi connectivity index (χ2v) is 5.73. The number of fused-ring (bicyclic) bond motifs is 1. The molecule has 0 bridgehead atoms. The number of aliphatic hydroxyl groups excluding tert-OH is 1. The van der Waals surface area contributed by atoms with Gasteiger partial charge in [0.25, 0.3) is 0 Å². The van der Waals surface area contributed by atoms with E-state index in [4.69, 9.17) is 14.2 Å². The van der Waals surface area contributed by atoms with Crippen LogP contribution < -0.4 is 0 Å². The van der Waals surface area contributed by atoms with Gasteiger partial charge in [-0.1, -0.05) is 6.08 Å². The molecule has 0 saturated carbocycles. The molecule has 1 N–H and O–H groups in total. The van der Waals surface area contributed by atoms with Crippen LogP contribution in [0.5, 0.6) is 0 Å². The summed E-state index contributed by atoms with van der Waals surface area (Å²) in [7, 11) is 0. The first kappa shape index (κ1) is 15.1. The highest BCUT2D eigenvalue weighted by molar-refractivity contribution is 5.91. The molecule has 2 aliphatic rings. The first-order chi connectivity index (χ1) is 10.6. The second-order valence-electron chi connectivity index (χ2n) is 5.73. The summed E-state index contributed by atoms with van der Waals surface area (Å²) in [6, 6.07) is 1.75. The Hall–Kier alpha value is -1.76. The van der Waals surface area contributed by atoms with Crippen molar-refractivity contribution in [2.45, 2.75) is 37.3 Å². The Kier molecular flexibility index (Phi) is 3.99. The lowest BCUT2D eigenvalue weighted by molar-refractivity contribution is -0.0825. The number of aliphatic hydroxyl groups is 1. The van der Waals surface area contributed by atoms with Crippen molar-refractivity contribution < 1.29 is 24.1 Å². The number of aryl methyl sites for hydroxylation is 1. The summed E-state index contributed by atoms with van der Waals surface area (Å²) >= 11 is 0. The van der Waals surface area contributed by atoms with Gasteiger partial charge in [-0.2, -0.15) is 0 Å². The fourth-order valence-electron chi connectivity index (χ4n) is 3.03. The molecule has 2 saturated heterocycles. The van der Waals surface area contributed by atoms with E-state index < -0.39 is 29.9 Å². The number of rotatable bonds is 4. The van der Waals surface area contributed by atoms with Crippen LogP contribution in [0, 0.1) is 6.92 Å². The fourth-order valence-corrected chi connectivity index (χ4v) is 3.03. The van der Waals surface area contributed by atoms with E-state index in [1.807, 2.05) is 6.92 Å². The van der Waals surface area contributed by atoms with Gasteiger partial charge in [0.15, 0.2) is 5.60 Å². The molecule has 118 valence electrons. The van der Waals surface area contributed by atoms with E-state index in [2.05, 4.69) is 11.6 Å². The zero-order valence-electron chi connectivity index (χ0n) is 12.4. The Morgan fingerprint density at radius 1 is 1.64 bits per heavy atom. The van der Waals surface area contributed by atoms with Crippen molar-refractivity contribution >= 4 is 5.97 Å². The summed E-state index contributed by atoms with van der Waals surface area (Å²) in [5.74, 6) is -0.471. The van der Waals surface area contributed by atoms with Gasteiger partial charge in [-0.05, 0) is 18.6 Å². The van der Waals surface area contributed by atoms with Crippen LogP contribution in [0.25, 0.3) is 0 Å². The lowest BCUT2D eigenvalue weighted by Crippen LogP contribution is -2.47. The Morgan fingerprint density at radius 3 is 3.18 bits per heavy atom. The summed E-state index contributed by atoms with van der Waals surface area (Å²) in [5.41, 5.74) is 0.244. The minimum Gasteiger partial charge on any atom is -0.450 e. The number of hydrogen-bond donors (Lipinski definition) is 1. The highest BCUT2D eigenvalue weighted by Gasteiger charge is 2.58. The smallest absolute Gasteiger partial charge is 0.340 e. The Bertz CT molecular complexity index is 590. The van der Waals surface area contributed by atoms with Crippen molar-refractivity contribution in [3.63, 3.8) is 0 Å². The summed E-state index contributed by atoms with van der Waals surface area (Å²) in [6.45, 7) is 5.90. The van der Waals surface area contributed by atoms with Gasteiger partial charge in [0.2, 0.25) is 0 Å². The Balaban J connectivity index is 1.85. The molecule has 22 heavy (non-hydrogen) atoms. The maximum atomic E-state index is 12.5. The third kappa shape index (κ3) is 2.43. The van der Waals surface area contributed by atoms with Crippen LogP contribution in [0.1, 0.15) is 22.3 Å². The molecule has 0 aliphatic carbocycles. The Morgan fingerprint density at radius 2 is 2.45 bits per heavy atom. The topological polar surface area (TPSA) is 77.9 Å². The number of pyridine rings is 1. The van der Waals surface area contributed by atoms with Gasteiger partial charge in [0.1, 0.15) is 18.3 Å². The van der Waals surface area contributed by atoms with Crippen molar-refractivity contribution in [2.24, 2.45) is 0 Å². The average molecular weight is 305 g/mol. The summed E-state index contributed by atoms with van der Waals surface area (Å²) in [5, 5.41) is 9.87. The first-order valence-corrected chi connectivity index (χ1v) is 7.23. The van der Waals surface area contributed by atoms with Gasteiger partial charge in [-0.15, -0.1) is 6.58 Å². The van der Waals surface area contributed by atoms with E-state index in [1.54, 1.807) is 18.3 Å². The molecule has 3 heterocycles. The number of esters is 1. The quantitative estimate of drug-likeness (QED) is 0.661. The van der Waals surface area contributed by atoms with Gasteiger partial charge in [-0.3, -0.25) is 4.98 Å². The molecule has 2 fully saturated rings. The molecule has 1 aromatic heterocycles. The molecule has 0 radical (unpaired) electrons. The predicted octanol–water partition coefficient (Wildman–Crippen LogP) is 1.02. The van der Waals surface area contributed by atoms with Gasteiger partial charge < -0.3 is 19.3 Å². The fraction of sp³-hybridized carbons (Fsp3) is 0.500. The number of carbonyl (C=O) groups is 1. The normalized spacial score (nSPS) is 33.5. The van der Waals surface area contributed by atoms with E-state index in [0.717, 1.165) is 5.56 Å². The largest absolute Gasteiger partial charge is 0.450 e. The van der Waals surface area contributed by atoms with Crippen LogP contribution in [0.15, 0.2) is 31.1 Å². The third-order valence-electron chi connectivity index (χ3n) is 4.21. The first-order valence-electron chi connectivity index (χ1n) is 7.23. The van der Waals surface area contributed by atoms with Gasteiger partial charge in [-0.25, -0.2) is 4.79 Å². The minimum absolute atomic E-state index is 0.177. The average Bonchev–Trinajstić information content (AvgIpc) is 3.03. The molecule has 0 aromatic carbocycles. The second kappa shape index (κ2) is 5.79. The lowest BCUT2D eigenvalue weighted by atomic mass is 9.92. The number of carbonyl (C=O) groups excluding carboxylic acids is 1. The number of nitrogens with zero attached hydrogens (tertiary/aromatic N) is 1. The SMILES string of the molecule is C=CC[C@]1(OC(=O)c2cnccc2C)CO[C@@H]2[C@H](O)CO[C@@H]21. The van der Waals surface area contributed by atoms with Crippen molar-refractivity contribution in [1.82, 2.24) is 4.98 Å². The minimum atomic E-state index is -0.955. The number of hydrogen-bond acceptors (Lipinski definition) is 6. The van der Waals surface area contributed by atoms with E-state index in [1.165, 1.54) is 6.20 Å². The van der Waals surface area contributed by atoms with Crippen molar-refractivity contribution in [3.8, 4) is 0 Å². The summed E-state index contributed by atoms with van der Waals surface area (Å²) < 4.78 is 17.0. The summed E-state index contributed by atoms with van der Waals surface area (Å²) in [4.78, 5) is 16.5.